The highest BCUT2D eigenvalue weighted by Gasteiger charge is 2.27. The molecule has 2 aliphatic rings. The molecule has 2 fully saturated rings. The van der Waals surface area contributed by atoms with E-state index in [1.54, 1.807) is 10.9 Å². The molecular weight excluding hydrogens is 308 g/mol. The van der Waals surface area contributed by atoms with Gasteiger partial charge in [-0.2, -0.15) is 0 Å². The Morgan fingerprint density at radius 1 is 1.17 bits per heavy atom. The van der Waals surface area contributed by atoms with Crippen molar-refractivity contribution in [3.05, 3.63) is 11.9 Å². The molecule has 8 nitrogen and oxygen atoms in total. The van der Waals surface area contributed by atoms with Crippen LogP contribution in [0.2, 0.25) is 0 Å². The molecule has 8 heteroatoms. The van der Waals surface area contributed by atoms with Gasteiger partial charge in [-0.1, -0.05) is 12.1 Å². The molecule has 0 aliphatic carbocycles. The third-order valence-corrected chi connectivity index (χ3v) is 4.87. The minimum absolute atomic E-state index is 0.0135. The van der Waals surface area contributed by atoms with Gasteiger partial charge in [-0.15, -0.1) is 5.10 Å². The predicted molar refractivity (Wildman–Crippen MR) is 89.9 cm³/mol. The Bertz CT molecular complexity index is 540. The van der Waals surface area contributed by atoms with Gasteiger partial charge in [0.15, 0.2) is 5.69 Å². The van der Waals surface area contributed by atoms with E-state index in [1.165, 1.54) is 0 Å². The fourth-order valence-electron chi connectivity index (χ4n) is 3.31. The highest BCUT2D eigenvalue weighted by molar-refractivity contribution is 5.92. The summed E-state index contributed by atoms with van der Waals surface area (Å²) in [4.78, 5) is 19.2. The Hall–Kier alpha value is -1.51. The lowest BCUT2D eigenvalue weighted by Gasteiger charge is -2.38. The van der Waals surface area contributed by atoms with Gasteiger partial charge in [-0.05, 0) is 13.5 Å². The fourth-order valence-corrected chi connectivity index (χ4v) is 3.31. The van der Waals surface area contributed by atoms with Gasteiger partial charge in [0.1, 0.15) is 0 Å². The van der Waals surface area contributed by atoms with Crippen LogP contribution in [-0.4, -0.2) is 101 Å². The molecule has 2 saturated heterocycles. The first-order valence-electron chi connectivity index (χ1n) is 8.95. The molecule has 3 heterocycles. The molecule has 2 aliphatic heterocycles. The lowest BCUT2D eigenvalue weighted by Crippen LogP contribution is -2.53. The number of aryl methyl sites for hydroxylation is 1. The van der Waals surface area contributed by atoms with E-state index in [4.69, 9.17) is 4.74 Å². The number of hydrogen-bond acceptors (Lipinski definition) is 6. The fraction of sp³-hybridized carbons (Fsp3) is 0.812. The van der Waals surface area contributed by atoms with E-state index < -0.39 is 0 Å². The molecule has 0 aromatic carbocycles. The average molecular weight is 336 g/mol. The van der Waals surface area contributed by atoms with E-state index in [0.717, 1.165) is 65.5 Å². The molecule has 0 bridgehead atoms. The minimum atomic E-state index is -0.0135. The molecule has 0 radical (unpaired) electrons. The number of amides is 1. The lowest BCUT2D eigenvalue weighted by atomic mass is 10.2. The highest BCUT2D eigenvalue weighted by Crippen LogP contribution is 2.11. The van der Waals surface area contributed by atoms with E-state index in [0.29, 0.717) is 5.69 Å². The molecular formula is C16H28N6O2. The topological polar surface area (TPSA) is 66.7 Å². The van der Waals surface area contributed by atoms with Crippen LogP contribution in [0.3, 0.4) is 0 Å². The van der Waals surface area contributed by atoms with Crippen molar-refractivity contribution in [2.24, 2.45) is 0 Å². The number of piperazine rings is 1. The van der Waals surface area contributed by atoms with Gasteiger partial charge >= 0.3 is 0 Å². The maximum atomic E-state index is 12.5. The first-order chi connectivity index (χ1) is 11.7. The first kappa shape index (κ1) is 17.3. The van der Waals surface area contributed by atoms with Crippen molar-refractivity contribution in [1.82, 2.24) is 29.7 Å². The van der Waals surface area contributed by atoms with Crippen molar-refractivity contribution in [2.75, 3.05) is 59.0 Å². The zero-order valence-electron chi connectivity index (χ0n) is 14.7. The summed E-state index contributed by atoms with van der Waals surface area (Å²) >= 11 is 0. The van der Waals surface area contributed by atoms with Gasteiger partial charge in [0, 0.05) is 52.4 Å². The summed E-state index contributed by atoms with van der Waals surface area (Å²) in [7, 11) is 0. The molecule has 0 saturated carbocycles. The number of carbonyl (C=O) groups excluding carboxylic acids is 1. The van der Waals surface area contributed by atoms with Crippen LogP contribution < -0.4 is 0 Å². The Kier molecular flexibility index (Phi) is 5.80. The Balaban J connectivity index is 1.46. The van der Waals surface area contributed by atoms with Gasteiger partial charge in [0.05, 0.1) is 18.9 Å². The zero-order valence-corrected chi connectivity index (χ0v) is 14.7. The number of likely N-dealkylation sites (N-methyl/N-ethyl adjacent to an activating group) is 1. The van der Waals surface area contributed by atoms with Crippen molar-refractivity contribution in [3.8, 4) is 0 Å². The van der Waals surface area contributed by atoms with Crippen LogP contribution in [0.5, 0.6) is 0 Å². The maximum absolute atomic E-state index is 12.5. The van der Waals surface area contributed by atoms with E-state index in [-0.39, 0.29) is 12.0 Å². The smallest absolute Gasteiger partial charge is 0.276 e. The van der Waals surface area contributed by atoms with Crippen molar-refractivity contribution >= 4 is 5.91 Å². The normalized spacial score (nSPS) is 23.6. The summed E-state index contributed by atoms with van der Waals surface area (Å²) < 4.78 is 7.57. The Labute approximate surface area is 143 Å². The average Bonchev–Trinajstić information content (AvgIpc) is 3.11. The van der Waals surface area contributed by atoms with Crippen LogP contribution in [-0.2, 0) is 11.3 Å². The number of morpholine rings is 1. The van der Waals surface area contributed by atoms with E-state index in [9.17, 15) is 4.79 Å². The molecule has 1 unspecified atom stereocenters. The summed E-state index contributed by atoms with van der Waals surface area (Å²) in [6.07, 6.45) is 2.01. The van der Waals surface area contributed by atoms with Crippen LogP contribution in [0, 0.1) is 0 Å². The molecule has 0 N–H and O–H groups in total. The number of ether oxygens (including phenoxy) is 1. The van der Waals surface area contributed by atoms with Crippen LogP contribution in [0.15, 0.2) is 6.20 Å². The van der Waals surface area contributed by atoms with Crippen molar-refractivity contribution in [3.63, 3.8) is 0 Å². The number of rotatable bonds is 5. The van der Waals surface area contributed by atoms with Crippen LogP contribution >= 0.6 is 0 Å². The van der Waals surface area contributed by atoms with Gasteiger partial charge < -0.3 is 9.64 Å². The van der Waals surface area contributed by atoms with E-state index in [1.807, 2.05) is 11.8 Å². The monoisotopic (exact) mass is 336 g/mol. The van der Waals surface area contributed by atoms with Gasteiger partial charge in [-0.25, -0.2) is 0 Å². The zero-order chi connectivity index (χ0) is 16.9. The van der Waals surface area contributed by atoms with Crippen molar-refractivity contribution in [2.45, 2.75) is 26.5 Å². The molecule has 1 aromatic rings. The molecule has 1 atom stereocenters. The second-order valence-corrected chi connectivity index (χ2v) is 6.44. The quantitative estimate of drug-likeness (QED) is 0.740. The van der Waals surface area contributed by atoms with E-state index >= 15 is 0 Å². The van der Waals surface area contributed by atoms with Crippen molar-refractivity contribution in [1.29, 1.82) is 0 Å². The molecule has 24 heavy (non-hydrogen) atoms. The summed E-state index contributed by atoms with van der Waals surface area (Å²) in [5, 5.41) is 7.92. The maximum Gasteiger partial charge on any atom is 0.276 e. The SMILES string of the molecule is CCN1CCOC(CN2CCN(C(=O)c3cn(CC)nn3)CC2)C1. The Morgan fingerprint density at radius 2 is 1.96 bits per heavy atom. The van der Waals surface area contributed by atoms with Gasteiger partial charge in [-0.3, -0.25) is 19.3 Å². The lowest BCUT2D eigenvalue weighted by molar-refractivity contribution is -0.0458. The molecule has 3 rings (SSSR count). The number of hydrogen-bond donors (Lipinski definition) is 0. The van der Waals surface area contributed by atoms with Crippen LogP contribution in [0.4, 0.5) is 0 Å². The molecule has 1 aromatic heterocycles. The van der Waals surface area contributed by atoms with Crippen LogP contribution in [0.1, 0.15) is 24.3 Å². The molecule has 134 valence electrons. The van der Waals surface area contributed by atoms with Gasteiger partial charge in [0.2, 0.25) is 0 Å². The predicted octanol–water partition coefficient (Wildman–Crippen LogP) is -0.223. The number of carbonyl (C=O) groups is 1. The third-order valence-electron chi connectivity index (χ3n) is 4.87. The second kappa shape index (κ2) is 8.04. The number of nitrogens with zero attached hydrogens (tertiary/aromatic N) is 6. The summed E-state index contributed by atoms with van der Waals surface area (Å²) in [5.41, 5.74) is 0.444. The molecule has 0 spiro atoms. The molecule has 1 amide bonds. The summed E-state index contributed by atoms with van der Waals surface area (Å²) in [6.45, 7) is 13.1. The Morgan fingerprint density at radius 3 is 2.62 bits per heavy atom. The van der Waals surface area contributed by atoms with Crippen molar-refractivity contribution < 1.29 is 9.53 Å². The number of aromatic nitrogens is 3. The second-order valence-electron chi connectivity index (χ2n) is 6.44. The van der Waals surface area contributed by atoms with E-state index in [2.05, 4.69) is 27.0 Å². The largest absolute Gasteiger partial charge is 0.374 e. The minimum Gasteiger partial charge on any atom is -0.374 e. The summed E-state index contributed by atoms with van der Waals surface area (Å²) in [5.74, 6) is -0.0135. The first-order valence-corrected chi connectivity index (χ1v) is 8.95. The van der Waals surface area contributed by atoms with Crippen LogP contribution in [0.25, 0.3) is 0 Å². The third kappa shape index (κ3) is 4.12. The standard InChI is InChI=1S/C16H28N6O2/c1-3-19-9-10-24-14(11-19)12-20-5-7-21(8-6-20)16(23)15-13-22(4-2)18-17-15/h13-14H,3-12H2,1-2H3. The summed E-state index contributed by atoms with van der Waals surface area (Å²) in [6, 6.07) is 0. The highest BCUT2D eigenvalue weighted by atomic mass is 16.5. The van der Waals surface area contributed by atoms with Gasteiger partial charge in [0.25, 0.3) is 5.91 Å².